The molecule has 142 valence electrons. The van der Waals surface area contributed by atoms with Crippen LogP contribution in [0.15, 0.2) is 35.1 Å². The quantitative estimate of drug-likeness (QED) is 0.597. The maximum Gasteiger partial charge on any atom is 0.325 e. The largest absolute Gasteiger partial charge is 0.465 e. The number of benzene rings is 1. The molecule has 0 N–H and O–H groups in total. The van der Waals surface area contributed by atoms with Crippen molar-refractivity contribution in [3.05, 3.63) is 68.3 Å². The van der Waals surface area contributed by atoms with E-state index in [0.717, 1.165) is 10.9 Å². The van der Waals surface area contributed by atoms with Gasteiger partial charge in [0.25, 0.3) is 0 Å². The summed E-state index contributed by atoms with van der Waals surface area (Å²) in [7, 11) is 0. The number of hydrogen-bond donors (Lipinski definition) is 0. The summed E-state index contributed by atoms with van der Waals surface area (Å²) in [6, 6.07) is 7.35. The van der Waals surface area contributed by atoms with Gasteiger partial charge in [-0.2, -0.15) is 0 Å². The number of carbonyl (C=O) groups is 1. The topological polar surface area (TPSA) is 48.3 Å². The van der Waals surface area contributed by atoms with Crippen molar-refractivity contribution in [3.8, 4) is 0 Å². The molecule has 2 aromatic heterocycles. The van der Waals surface area contributed by atoms with Crippen LogP contribution in [0.1, 0.15) is 23.1 Å². The molecule has 0 aliphatic heterocycles. The number of aromatic nitrogens is 1. The minimum Gasteiger partial charge on any atom is -0.465 e. The van der Waals surface area contributed by atoms with E-state index in [1.165, 1.54) is 29.5 Å². The van der Waals surface area contributed by atoms with Crippen LogP contribution in [-0.4, -0.2) is 17.1 Å². The zero-order valence-electron chi connectivity index (χ0n) is 15.1. The Morgan fingerprint density at radius 1 is 1.22 bits per heavy atom. The van der Waals surface area contributed by atoms with Crippen molar-refractivity contribution in [3.63, 3.8) is 0 Å². The van der Waals surface area contributed by atoms with E-state index < -0.39 is 17.6 Å². The van der Waals surface area contributed by atoms with Gasteiger partial charge in [-0.15, -0.1) is 11.3 Å². The van der Waals surface area contributed by atoms with E-state index in [-0.39, 0.29) is 30.6 Å². The van der Waals surface area contributed by atoms with Crippen molar-refractivity contribution >= 4 is 27.5 Å². The Balaban J connectivity index is 2.01. The number of thiophene rings is 1. The molecule has 0 aliphatic carbocycles. The van der Waals surface area contributed by atoms with Gasteiger partial charge in [0.05, 0.1) is 16.8 Å². The van der Waals surface area contributed by atoms with E-state index in [9.17, 15) is 18.4 Å². The lowest BCUT2D eigenvalue weighted by Gasteiger charge is -2.15. The van der Waals surface area contributed by atoms with Crippen molar-refractivity contribution in [2.24, 2.45) is 0 Å². The molecule has 1 aromatic carbocycles. The lowest BCUT2D eigenvalue weighted by Crippen LogP contribution is -2.20. The molecule has 4 nitrogen and oxygen atoms in total. The van der Waals surface area contributed by atoms with Gasteiger partial charge in [-0.1, -0.05) is 12.1 Å². The lowest BCUT2D eigenvalue weighted by molar-refractivity contribution is -0.143. The third-order valence-corrected chi connectivity index (χ3v) is 5.32. The molecule has 0 amide bonds. The van der Waals surface area contributed by atoms with E-state index in [2.05, 4.69) is 0 Å². The number of ether oxygens (including phenoxy) is 1. The number of rotatable bonds is 6. The first-order valence-electron chi connectivity index (χ1n) is 8.62. The second-order valence-corrected chi connectivity index (χ2v) is 7.43. The van der Waals surface area contributed by atoms with Crippen LogP contribution in [0, 0.1) is 18.6 Å². The summed E-state index contributed by atoms with van der Waals surface area (Å²) in [4.78, 5) is 25.5. The summed E-state index contributed by atoms with van der Waals surface area (Å²) in [5.41, 5.74) is 1.33. The smallest absolute Gasteiger partial charge is 0.325 e. The fourth-order valence-electron chi connectivity index (χ4n) is 3.06. The second-order valence-electron chi connectivity index (χ2n) is 6.18. The molecule has 0 atom stereocenters. The average molecular weight is 391 g/mol. The number of carbonyl (C=O) groups excluding carboxylic acids is 1. The molecular weight excluding hydrogens is 372 g/mol. The molecule has 3 aromatic rings. The lowest BCUT2D eigenvalue weighted by atomic mass is 10.1. The Kier molecular flexibility index (Phi) is 5.70. The molecule has 0 fully saturated rings. The molecule has 0 bridgehead atoms. The Hall–Kier alpha value is -2.54. The highest BCUT2D eigenvalue weighted by Gasteiger charge is 2.16. The van der Waals surface area contributed by atoms with Crippen LogP contribution in [0.4, 0.5) is 8.78 Å². The third kappa shape index (κ3) is 4.08. The van der Waals surface area contributed by atoms with E-state index in [1.54, 1.807) is 11.5 Å². The first-order chi connectivity index (χ1) is 12.9. The number of hydrogen-bond acceptors (Lipinski definition) is 4. The average Bonchev–Trinajstić information content (AvgIpc) is 3.01. The number of fused-ring (bicyclic) bond motifs is 1. The maximum absolute atomic E-state index is 13.9. The first-order valence-corrected chi connectivity index (χ1v) is 9.43. The number of nitrogens with zero attached hydrogens (tertiary/aromatic N) is 1. The molecule has 0 aliphatic rings. The molecule has 0 saturated heterocycles. The second kappa shape index (κ2) is 8.00. The van der Waals surface area contributed by atoms with E-state index in [1.807, 2.05) is 13.0 Å². The van der Waals surface area contributed by atoms with Gasteiger partial charge in [0.1, 0.15) is 6.54 Å². The van der Waals surface area contributed by atoms with Gasteiger partial charge in [0.2, 0.25) is 0 Å². The highest BCUT2D eigenvalue weighted by molar-refractivity contribution is 7.18. The van der Waals surface area contributed by atoms with Crippen molar-refractivity contribution in [1.82, 2.24) is 4.57 Å². The Labute approximate surface area is 159 Å². The highest BCUT2D eigenvalue weighted by Crippen LogP contribution is 2.24. The van der Waals surface area contributed by atoms with Crippen LogP contribution in [0.5, 0.6) is 0 Å². The van der Waals surface area contributed by atoms with Crippen LogP contribution < -0.4 is 5.43 Å². The Bertz CT molecular complexity index is 1060. The fraction of sp³-hybridized carbons (Fsp3) is 0.300. The van der Waals surface area contributed by atoms with Crippen LogP contribution in [0.2, 0.25) is 0 Å². The standard InChI is InChI=1S/C20H19F2NO3S/c1-3-26-18(25)11-23-14(8-7-13-5-4-6-15(21)19(13)22)10-17(24)20-16(23)9-12(2)27-20/h4-6,9-10H,3,7-8,11H2,1-2H3. The predicted octanol–water partition coefficient (Wildman–Crippen LogP) is 4.00. The van der Waals surface area contributed by atoms with Gasteiger partial charge in [0.15, 0.2) is 17.1 Å². The van der Waals surface area contributed by atoms with Gasteiger partial charge in [-0.05, 0) is 44.4 Å². The van der Waals surface area contributed by atoms with Gasteiger partial charge in [-0.25, -0.2) is 8.78 Å². The van der Waals surface area contributed by atoms with Crippen LogP contribution >= 0.6 is 11.3 Å². The number of esters is 1. The summed E-state index contributed by atoms with van der Waals surface area (Å²) in [6.07, 6.45) is 0.500. The minimum atomic E-state index is -0.902. The summed E-state index contributed by atoms with van der Waals surface area (Å²) < 4.78 is 34.7. The Morgan fingerprint density at radius 3 is 2.74 bits per heavy atom. The van der Waals surface area contributed by atoms with Crippen LogP contribution in [0.25, 0.3) is 10.2 Å². The third-order valence-electron chi connectivity index (χ3n) is 4.27. The first kappa shape index (κ1) is 19.2. The number of pyridine rings is 1. The van der Waals surface area contributed by atoms with Gasteiger partial charge >= 0.3 is 5.97 Å². The highest BCUT2D eigenvalue weighted by atomic mass is 32.1. The summed E-state index contributed by atoms with van der Waals surface area (Å²) in [5.74, 6) is -2.20. The molecule has 2 heterocycles. The monoisotopic (exact) mass is 391 g/mol. The van der Waals surface area contributed by atoms with Crippen LogP contribution in [-0.2, 0) is 28.9 Å². The SMILES string of the molecule is CCOC(=O)Cn1c(CCc2cccc(F)c2F)cc(=O)c2sc(C)cc21. The van der Waals surface area contributed by atoms with E-state index >= 15 is 0 Å². The van der Waals surface area contributed by atoms with Crippen molar-refractivity contribution in [2.75, 3.05) is 6.61 Å². The number of halogens is 2. The van der Waals surface area contributed by atoms with Crippen molar-refractivity contribution in [1.29, 1.82) is 0 Å². The normalized spacial score (nSPS) is 11.1. The zero-order valence-corrected chi connectivity index (χ0v) is 15.9. The number of aryl methyl sites for hydroxylation is 3. The zero-order chi connectivity index (χ0) is 19.6. The molecule has 0 saturated carbocycles. The van der Waals surface area contributed by atoms with Gasteiger partial charge in [-0.3, -0.25) is 9.59 Å². The van der Waals surface area contributed by atoms with E-state index in [0.29, 0.717) is 22.3 Å². The maximum atomic E-state index is 13.9. The predicted molar refractivity (Wildman–Crippen MR) is 101 cm³/mol. The fourth-order valence-corrected chi connectivity index (χ4v) is 3.99. The van der Waals surface area contributed by atoms with E-state index in [4.69, 9.17) is 4.74 Å². The molecule has 0 spiro atoms. The summed E-state index contributed by atoms with van der Waals surface area (Å²) in [5, 5.41) is 0. The molecular formula is C20H19F2NO3S. The molecule has 0 radical (unpaired) electrons. The van der Waals surface area contributed by atoms with Gasteiger partial charge < -0.3 is 9.30 Å². The van der Waals surface area contributed by atoms with Gasteiger partial charge in [0, 0.05) is 16.6 Å². The molecule has 7 heteroatoms. The minimum absolute atomic E-state index is 0.0399. The summed E-state index contributed by atoms with van der Waals surface area (Å²) in [6.45, 7) is 3.83. The van der Waals surface area contributed by atoms with Crippen LogP contribution in [0.3, 0.4) is 0 Å². The Morgan fingerprint density at radius 2 is 2.00 bits per heavy atom. The summed E-state index contributed by atoms with van der Waals surface area (Å²) >= 11 is 1.37. The van der Waals surface area contributed by atoms with Crippen molar-refractivity contribution < 1.29 is 18.3 Å². The molecule has 27 heavy (non-hydrogen) atoms. The molecule has 3 rings (SSSR count). The van der Waals surface area contributed by atoms with Crippen molar-refractivity contribution in [2.45, 2.75) is 33.2 Å². The molecule has 0 unspecified atom stereocenters.